The van der Waals surface area contributed by atoms with Crippen LogP contribution in [0.3, 0.4) is 0 Å². The minimum atomic E-state index is -0.0650. The molecule has 0 unspecified atom stereocenters. The van der Waals surface area contributed by atoms with E-state index in [1.54, 1.807) is 11.9 Å². The van der Waals surface area contributed by atoms with Crippen molar-refractivity contribution in [1.82, 2.24) is 15.0 Å². The van der Waals surface area contributed by atoms with Crippen molar-refractivity contribution in [2.45, 2.75) is 31.7 Å². The monoisotopic (exact) mass is 425 g/mol. The molecule has 0 spiro atoms. The lowest BCUT2D eigenvalue weighted by Gasteiger charge is -2.16. The molecule has 0 bridgehead atoms. The summed E-state index contributed by atoms with van der Waals surface area (Å²) < 4.78 is 11.0. The third kappa shape index (κ3) is 3.42. The maximum Gasteiger partial charge on any atom is 0.254 e. The van der Waals surface area contributed by atoms with Gasteiger partial charge in [0.15, 0.2) is 5.82 Å². The lowest BCUT2D eigenvalue weighted by molar-refractivity contribution is 0.0781. The number of carbonyl (C=O) groups excluding carboxylic acids is 1. The smallest absolute Gasteiger partial charge is 0.254 e. The number of hydrogen-bond donors (Lipinski definition) is 0. The van der Waals surface area contributed by atoms with E-state index in [1.165, 1.54) is 11.1 Å². The van der Waals surface area contributed by atoms with Crippen molar-refractivity contribution in [2.75, 3.05) is 13.7 Å². The zero-order valence-electron chi connectivity index (χ0n) is 17.9. The van der Waals surface area contributed by atoms with Crippen LogP contribution in [-0.4, -0.2) is 34.6 Å². The van der Waals surface area contributed by atoms with Crippen molar-refractivity contribution in [3.8, 4) is 16.9 Å². The zero-order chi connectivity index (χ0) is 21.7. The first kappa shape index (κ1) is 19.0. The van der Waals surface area contributed by atoms with Gasteiger partial charge >= 0.3 is 0 Å². The molecule has 6 rings (SSSR count). The molecule has 6 heteroatoms. The fourth-order valence-corrected chi connectivity index (χ4v) is 4.35. The summed E-state index contributed by atoms with van der Waals surface area (Å²) in [7, 11) is 1.77. The van der Waals surface area contributed by atoms with Gasteiger partial charge in [-0.25, -0.2) is 0 Å². The van der Waals surface area contributed by atoms with Crippen molar-refractivity contribution in [3.63, 3.8) is 0 Å². The van der Waals surface area contributed by atoms with Gasteiger partial charge < -0.3 is 14.2 Å². The third-order valence-electron chi connectivity index (χ3n) is 6.26. The number of fused-ring (bicyclic) bond motifs is 2. The highest BCUT2D eigenvalue weighted by Gasteiger charge is 2.30. The molecule has 160 valence electrons. The van der Waals surface area contributed by atoms with Gasteiger partial charge in [0, 0.05) is 24.9 Å². The van der Waals surface area contributed by atoms with Crippen LogP contribution in [0.2, 0.25) is 0 Å². The normalized spacial score (nSPS) is 14.9. The lowest BCUT2D eigenvalue weighted by atomic mass is 9.95. The fourth-order valence-electron chi connectivity index (χ4n) is 4.35. The Morgan fingerprint density at radius 2 is 2.03 bits per heavy atom. The summed E-state index contributed by atoms with van der Waals surface area (Å²) in [6.45, 7) is 1.07. The predicted octanol–water partition coefficient (Wildman–Crippen LogP) is 4.97. The van der Waals surface area contributed by atoms with Crippen LogP contribution in [0.5, 0.6) is 5.75 Å². The van der Waals surface area contributed by atoms with Crippen LogP contribution < -0.4 is 4.74 Å². The SMILES string of the molecule is CN(Cc1noc(C2CC2)n1)C(=O)c1ccc2c(-c3ccc4c(c3)CCO4)cccc2c1. The Balaban J connectivity index is 1.26. The summed E-state index contributed by atoms with van der Waals surface area (Å²) in [6, 6.07) is 18.5. The van der Waals surface area contributed by atoms with E-state index in [9.17, 15) is 4.79 Å². The molecule has 0 N–H and O–H groups in total. The maximum atomic E-state index is 13.1. The highest BCUT2D eigenvalue weighted by molar-refractivity contribution is 6.02. The molecule has 3 aromatic carbocycles. The number of ether oxygens (including phenoxy) is 1. The second kappa shape index (κ2) is 7.48. The number of rotatable bonds is 5. The molecule has 2 aliphatic rings. The van der Waals surface area contributed by atoms with E-state index in [0.717, 1.165) is 48.0 Å². The van der Waals surface area contributed by atoms with E-state index in [4.69, 9.17) is 9.26 Å². The second-order valence-electron chi connectivity index (χ2n) is 8.65. The quantitative estimate of drug-likeness (QED) is 0.451. The van der Waals surface area contributed by atoms with Crippen LogP contribution in [0, 0.1) is 0 Å². The number of benzene rings is 3. The number of amides is 1. The Labute approximate surface area is 185 Å². The highest BCUT2D eigenvalue weighted by Crippen LogP contribution is 2.39. The van der Waals surface area contributed by atoms with Gasteiger partial charge in [-0.1, -0.05) is 35.5 Å². The zero-order valence-corrected chi connectivity index (χ0v) is 17.9. The number of carbonyl (C=O) groups is 1. The first-order valence-corrected chi connectivity index (χ1v) is 11.0. The molecule has 1 amide bonds. The highest BCUT2D eigenvalue weighted by atomic mass is 16.5. The summed E-state index contributed by atoms with van der Waals surface area (Å²) >= 11 is 0. The van der Waals surface area contributed by atoms with Crippen molar-refractivity contribution in [1.29, 1.82) is 0 Å². The molecule has 0 saturated heterocycles. The van der Waals surface area contributed by atoms with Gasteiger partial charge in [-0.05, 0) is 64.6 Å². The fraction of sp³-hybridized carbons (Fsp3) is 0.269. The molecule has 32 heavy (non-hydrogen) atoms. The Bertz CT molecular complexity index is 1340. The van der Waals surface area contributed by atoms with Crippen molar-refractivity contribution in [2.24, 2.45) is 0 Å². The number of aromatic nitrogens is 2. The molecule has 6 nitrogen and oxygen atoms in total. The van der Waals surface area contributed by atoms with E-state index in [-0.39, 0.29) is 5.91 Å². The van der Waals surface area contributed by atoms with Gasteiger partial charge in [-0.3, -0.25) is 4.79 Å². The molecule has 4 aromatic rings. The van der Waals surface area contributed by atoms with E-state index in [1.807, 2.05) is 30.3 Å². The largest absolute Gasteiger partial charge is 0.493 e. The molecule has 1 saturated carbocycles. The van der Waals surface area contributed by atoms with Gasteiger partial charge in [-0.15, -0.1) is 0 Å². The molecule has 2 heterocycles. The molecular formula is C26H23N3O3. The Morgan fingerprint density at radius 1 is 1.12 bits per heavy atom. The Morgan fingerprint density at radius 3 is 2.91 bits per heavy atom. The third-order valence-corrected chi connectivity index (χ3v) is 6.26. The van der Waals surface area contributed by atoms with E-state index in [2.05, 4.69) is 34.4 Å². The van der Waals surface area contributed by atoms with Crippen LogP contribution in [0.15, 0.2) is 59.1 Å². The van der Waals surface area contributed by atoms with Gasteiger partial charge in [-0.2, -0.15) is 4.98 Å². The molecular weight excluding hydrogens is 402 g/mol. The van der Waals surface area contributed by atoms with Crippen molar-refractivity contribution >= 4 is 16.7 Å². The lowest BCUT2D eigenvalue weighted by Crippen LogP contribution is -2.26. The molecule has 1 aliphatic carbocycles. The summed E-state index contributed by atoms with van der Waals surface area (Å²) in [6.07, 6.45) is 3.16. The molecule has 1 fully saturated rings. The Hall–Kier alpha value is -3.67. The van der Waals surface area contributed by atoms with Gasteiger partial charge in [0.1, 0.15) is 5.75 Å². The number of hydrogen-bond acceptors (Lipinski definition) is 5. The molecule has 0 atom stereocenters. The maximum absolute atomic E-state index is 13.1. The van der Waals surface area contributed by atoms with E-state index in [0.29, 0.717) is 29.7 Å². The molecule has 1 aliphatic heterocycles. The van der Waals surface area contributed by atoms with E-state index < -0.39 is 0 Å². The average Bonchev–Trinajstić information content (AvgIpc) is 3.38. The summed E-state index contributed by atoms with van der Waals surface area (Å²) in [4.78, 5) is 19.1. The Kier molecular flexibility index (Phi) is 4.45. The molecule has 1 aromatic heterocycles. The average molecular weight is 425 g/mol. The van der Waals surface area contributed by atoms with Crippen LogP contribution in [0.25, 0.3) is 21.9 Å². The van der Waals surface area contributed by atoms with Crippen molar-refractivity contribution in [3.05, 3.63) is 77.4 Å². The summed E-state index contributed by atoms with van der Waals surface area (Å²) in [5, 5.41) is 6.18. The number of nitrogens with zero attached hydrogens (tertiary/aromatic N) is 3. The summed E-state index contributed by atoms with van der Waals surface area (Å²) in [5.74, 6) is 2.56. The van der Waals surface area contributed by atoms with E-state index >= 15 is 0 Å². The minimum Gasteiger partial charge on any atom is -0.493 e. The van der Waals surface area contributed by atoms with Gasteiger partial charge in [0.2, 0.25) is 5.89 Å². The second-order valence-corrected chi connectivity index (χ2v) is 8.65. The van der Waals surface area contributed by atoms with Crippen LogP contribution in [-0.2, 0) is 13.0 Å². The standard InChI is InChI=1S/C26H23N3O3/c1-29(15-24-27-25(32-28-24)16-5-6-16)26(30)20-7-9-22-17(14-20)3-2-4-21(22)18-8-10-23-19(13-18)11-12-31-23/h2-4,7-10,13-14,16H,5-6,11-12,15H2,1H3. The van der Waals surface area contributed by atoms with Gasteiger partial charge in [0.25, 0.3) is 5.91 Å². The molecule has 0 radical (unpaired) electrons. The topological polar surface area (TPSA) is 68.5 Å². The first-order valence-electron chi connectivity index (χ1n) is 11.0. The van der Waals surface area contributed by atoms with Crippen LogP contribution >= 0.6 is 0 Å². The van der Waals surface area contributed by atoms with Crippen molar-refractivity contribution < 1.29 is 14.1 Å². The minimum absolute atomic E-state index is 0.0650. The van der Waals surface area contributed by atoms with Gasteiger partial charge in [0.05, 0.1) is 13.2 Å². The van der Waals surface area contributed by atoms with Crippen LogP contribution in [0.4, 0.5) is 0 Å². The predicted molar refractivity (Wildman–Crippen MR) is 121 cm³/mol. The first-order chi connectivity index (χ1) is 15.7. The van der Waals surface area contributed by atoms with Crippen LogP contribution in [0.1, 0.15) is 46.4 Å². The summed E-state index contributed by atoms with van der Waals surface area (Å²) in [5.41, 5.74) is 4.22.